The molecule has 1 aromatic carbocycles. The molecule has 2 aromatic heterocycles. The van der Waals surface area contributed by atoms with Crippen molar-refractivity contribution in [3.05, 3.63) is 60.0 Å². The number of ether oxygens (including phenoxy) is 1. The van der Waals surface area contributed by atoms with Gasteiger partial charge >= 0.3 is 0 Å². The first kappa shape index (κ1) is 15.7. The fourth-order valence-electron chi connectivity index (χ4n) is 2.80. The number of aromatic nitrogens is 2. The molecule has 1 saturated carbocycles. The number of benzene rings is 1. The summed E-state index contributed by atoms with van der Waals surface area (Å²) in [6, 6.07) is 13.8. The molecule has 0 aliphatic heterocycles. The van der Waals surface area contributed by atoms with Crippen molar-refractivity contribution in [3.63, 3.8) is 0 Å². The SMILES string of the molecule is CC1(C(=O)NCc2cc3ccc(OCc4ccccn4)cc3[nH]2)CC1. The number of aromatic amines is 1. The van der Waals surface area contributed by atoms with E-state index in [2.05, 4.69) is 21.4 Å². The molecule has 0 radical (unpaired) electrons. The molecule has 1 fully saturated rings. The van der Waals surface area contributed by atoms with E-state index in [1.807, 2.05) is 43.3 Å². The van der Waals surface area contributed by atoms with Crippen molar-refractivity contribution >= 4 is 16.8 Å². The molecule has 0 saturated heterocycles. The molecule has 0 spiro atoms. The molecule has 2 heterocycles. The van der Waals surface area contributed by atoms with Gasteiger partial charge in [-0.15, -0.1) is 0 Å². The van der Waals surface area contributed by atoms with Gasteiger partial charge in [0, 0.05) is 28.9 Å². The summed E-state index contributed by atoms with van der Waals surface area (Å²) in [4.78, 5) is 19.6. The lowest BCUT2D eigenvalue weighted by Crippen LogP contribution is -2.29. The molecule has 1 aliphatic carbocycles. The van der Waals surface area contributed by atoms with Gasteiger partial charge in [0.1, 0.15) is 12.4 Å². The molecule has 1 amide bonds. The summed E-state index contributed by atoms with van der Waals surface area (Å²) in [6.45, 7) is 2.97. The Balaban J connectivity index is 1.41. The molecule has 2 N–H and O–H groups in total. The molecule has 1 aliphatic rings. The van der Waals surface area contributed by atoms with E-state index < -0.39 is 0 Å². The highest BCUT2D eigenvalue weighted by atomic mass is 16.5. The quantitative estimate of drug-likeness (QED) is 0.724. The third kappa shape index (κ3) is 3.50. The van der Waals surface area contributed by atoms with Crippen molar-refractivity contribution in [1.29, 1.82) is 0 Å². The Morgan fingerprint density at radius 2 is 2.16 bits per heavy atom. The van der Waals surface area contributed by atoms with Crippen LogP contribution in [-0.2, 0) is 17.9 Å². The van der Waals surface area contributed by atoms with E-state index in [0.717, 1.165) is 40.9 Å². The van der Waals surface area contributed by atoms with Crippen LogP contribution >= 0.6 is 0 Å². The van der Waals surface area contributed by atoms with Gasteiger partial charge in [0.2, 0.25) is 5.91 Å². The lowest BCUT2D eigenvalue weighted by Gasteiger charge is -2.08. The number of hydrogen-bond donors (Lipinski definition) is 2. The van der Waals surface area contributed by atoms with Crippen LogP contribution in [0.4, 0.5) is 0 Å². The zero-order valence-electron chi connectivity index (χ0n) is 14.2. The average Bonchev–Trinajstić information content (AvgIpc) is 3.26. The second-order valence-electron chi connectivity index (χ2n) is 6.90. The van der Waals surface area contributed by atoms with Crippen LogP contribution in [0.5, 0.6) is 5.75 Å². The predicted molar refractivity (Wildman–Crippen MR) is 96.1 cm³/mol. The van der Waals surface area contributed by atoms with E-state index in [4.69, 9.17) is 4.74 Å². The molecule has 5 heteroatoms. The normalized spacial score (nSPS) is 15.1. The monoisotopic (exact) mass is 335 g/mol. The Bertz CT molecular complexity index is 898. The van der Waals surface area contributed by atoms with Crippen molar-refractivity contribution in [2.45, 2.75) is 32.9 Å². The Morgan fingerprint density at radius 1 is 1.28 bits per heavy atom. The molecule has 0 bridgehead atoms. The van der Waals surface area contributed by atoms with Gasteiger partial charge in [-0.2, -0.15) is 0 Å². The molecule has 4 rings (SSSR count). The van der Waals surface area contributed by atoms with Crippen LogP contribution in [0.2, 0.25) is 0 Å². The van der Waals surface area contributed by atoms with Crippen molar-refractivity contribution in [3.8, 4) is 5.75 Å². The second kappa shape index (κ2) is 6.24. The fourth-order valence-corrected chi connectivity index (χ4v) is 2.80. The first-order valence-electron chi connectivity index (χ1n) is 8.55. The number of carbonyl (C=O) groups excluding carboxylic acids is 1. The minimum atomic E-state index is -0.140. The van der Waals surface area contributed by atoms with Crippen LogP contribution < -0.4 is 10.1 Å². The molecule has 5 nitrogen and oxygen atoms in total. The van der Waals surface area contributed by atoms with Gasteiger partial charge in [0.25, 0.3) is 0 Å². The number of pyridine rings is 1. The van der Waals surface area contributed by atoms with E-state index in [0.29, 0.717) is 13.2 Å². The van der Waals surface area contributed by atoms with Gasteiger partial charge in [0.05, 0.1) is 12.2 Å². The largest absolute Gasteiger partial charge is 0.487 e. The maximum absolute atomic E-state index is 12.0. The van der Waals surface area contributed by atoms with Crippen LogP contribution in [-0.4, -0.2) is 15.9 Å². The zero-order valence-corrected chi connectivity index (χ0v) is 14.2. The summed E-state index contributed by atoms with van der Waals surface area (Å²) in [5, 5.41) is 4.12. The predicted octanol–water partition coefficient (Wildman–Crippen LogP) is 3.56. The number of nitrogens with zero attached hydrogens (tertiary/aromatic N) is 1. The number of rotatable bonds is 6. The molecule has 25 heavy (non-hydrogen) atoms. The highest BCUT2D eigenvalue weighted by Gasteiger charge is 2.44. The lowest BCUT2D eigenvalue weighted by atomic mass is 10.1. The number of hydrogen-bond acceptors (Lipinski definition) is 3. The summed E-state index contributed by atoms with van der Waals surface area (Å²) in [6.07, 6.45) is 3.74. The van der Waals surface area contributed by atoms with Crippen LogP contribution in [0.1, 0.15) is 31.2 Å². The van der Waals surface area contributed by atoms with Crippen LogP contribution in [0.3, 0.4) is 0 Å². The Labute approximate surface area is 146 Å². The van der Waals surface area contributed by atoms with E-state index in [-0.39, 0.29) is 11.3 Å². The number of amides is 1. The molecular weight excluding hydrogens is 314 g/mol. The fraction of sp³-hybridized carbons (Fsp3) is 0.300. The summed E-state index contributed by atoms with van der Waals surface area (Å²) in [7, 11) is 0. The van der Waals surface area contributed by atoms with Crippen LogP contribution in [0.25, 0.3) is 10.9 Å². The van der Waals surface area contributed by atoms with Gasteiger partial charge in [-0.1, -0.05) is 13.0 Å². The summed E-state index contributed by atoms with van der Waals surface area (Å²) < 4.78 is 5.81. The van der Waals surface area contributed by atoms with Gasteiger partial charge in [-0.3, -0.25) is 9.78 Å². The Kier molecular flexibility index (Phi) is 3.92. The third-order valence-electron chi connectivity index (χ3n) is 4.75. The maximum atomic E-state index is 12.0. The maximum Gasteiger partial charge on any atom is 0.226 e. The van der Waals surface area contributed by atoms with Crippen LogP contribution in [0.15, 0.2) is 48.7 Å². The third-order valence-corrected chi connectivity index (χ3v) is 4.75. The van der Waals surface area contributed by atoms with Gasteiger partial charge in [-0.25, -0.2) is 0 Å². The minimum absolute atomic E-state index is 0.140. The molecule has 0 unspecified atom stereocenters. The van der Waals surface area contributed by atoms with E-state index >= 15 is 0 Å². The summed E-state index contributed by atoms with van der Waals surface area (Å²) in [5.41, 5.74) is 2.75. The number of carbonyl (C=O) groups is 1. The lowest BCUT2D eigenvalue weighted by molar-refractivity contribution is -0.125. The summed E-state index contributed by atoms with van der Waals surface area (Å²) in [5.74, 6) is 0.937. The molecule has 0 atom stereocenters. The number of fused-ring (bicyclic) bond motifs is 1. The minimum Gasteiger partial charge on any atom is -0.487 e. The Hall–Kier alpha value is -2.82. The molecule has 128 valence electrons. The van der Waals surface area contributed by atoms with Crippen molar-refractivity contribution in [2.24, 2.45) is 5.41 Å². The Morgan fingerprint density at radius 3 is 2.92 bits per heavy atom. The number of nitrogens with one attached hydrogen (secondary N) is 2. The van der Waals surface area contributed by atoms with Crippen LogP contribution in [0, 0.1) is 5.41 Å². The standard InChI is InChI=1S/C20H21N3O2/c1-20(7-8-20)19(24)22-12-16-10-14-5-6-17(11-18(14)23-16)25-13-15-4-2-3-9-21-15/h2-6,9-11,23H,7-8,12-13H2,1H3,(H,22,24). The van der Waals surface area contributed by atoms with Gasteiger partial charge < -0.3 is 15.0 Å². The average molecular weight is 335 g/mol. The first-order chi connectivity index (χ1) is 12.1. The number of H-pyrrole nitrogens is 1. The smallest absolute Gasteiger partial charge is 0.226 e. The van der Waals surface area contributed by atoms with Gasteiger partial charge in [0.15, 0.2) is 0 Å². The van der Waals surface area contributed by atoms with Gasteiger partial charge in [-0.05, 0) is 48.6 Å². The first-order valence-corrected chi connectivity index (χ1v) is 8.55. The highest BCUT2D eigenvalue weighted by molar-refractivity contribution is 5.85. The van der Waals surface area contributed by atoms with Crippen molar-refractivity contribution in [2.75, 3.05) is 0 Å². The van der Waals surface area contributed by atoms with E-state index in [1.165, 1.54) is 0 Å². The molecule has 3 aromatic rings. The van der Waals surface area contributed by atoms with E-state index in [1.54, 1.807) is 6.20 Å². The molecular formula is C20H21N3O2. The second-order valence-corrected chi connectivity index (χ2v) is 6.90. The van der Waals surface area contributed by atoms with Crippen molar-refractivity contribution in [1.82, 2.24) is 15.3 Å². The van der Waals surface area contributed by atoms with E-state index in [9.17, 15) is 4.79 Å². The van der Waals surface area contributed by atoms with Crippen molar-refractivity contribution < 1.29 is 9.53 Å². The topological polar surface area (TPSA) is 67.0 Å². The summed E-state index contributed by atoms with van der Waals surface area (Å²) >= 11 is 0. The zero-order chi connectivity index (χ0) is 17.3. The highest BCUT2D eigenvalue weighted by Crippen LogP contribution is 2.45.